The number of benzene rings is 1. The van der Waals surface area contributed by atoms with E-state index in [0.717, 1.165) is 0 Å². The van der Waals surface area contributed by atoms with Crippen LogP contribution >= 0.6 is 11.6 Å². The van der Waals surface area contributed by atoms with Crippen molar-refractivity contribution in [2.45, 2.75) is 38.8 Å². The SMILES string of the molecule is CC(NC(=O)C(C)N(C)C(=O)[C@H]1CCCN(S(=O)(=O)N2CC(C#N)C2)C1)c1ccc(Cl)cc1F. The molecule has 3 atom stereocenters. The molecule has 0 bridgehead atoms. The Hall–Kier alpha value is -2.26. The summed E-state index contributed by atoms with van der Waals surface area (Å²) < 4.78 is 42.4. The summed E-state index contributed by atoms with van der Waals surface area (Å²) in [5.74, 6) is -2.20. The molecule has 2 aliphatic rings. The highest BCUT2D eigenvalue weighted by Crippen LogP contribution is 2.27. The molecule has 2 fully saturated rings. The molecule has 0 aromatic heterocycles. The Morgan fingerprint density at radius 2 is 1.94 bits per heavy atom. The first-order valence-electron chi connectivity index (χ1n) is 11.1. The zero-order valence-corrected chi connectivity index (χ0v) is 20.9. The predicted octanol–water partition coefficient (Wildman–Crippen LogP) is 1.92. The Morgan fingerprint density at radius 1 is 1.26 bits per heavy atom. The highest BCUT2D eigenvalue weighted by atomic mass is 35.5. The fourth-order valence-corrected chi connectivity index (χ4v) is 6.09. The zero-order chi connectivity index (χ0) is 25.2. The van der Waals surface area contributed by atoms with E-state index in [9.17, 15) is 22.4 Å². The van der Waals surface area contributed by atoms with E-state index in [0.29, 0.717) is 19.4 Å². The van der Waals surface area contributed by atoms with Gasteiger partial charge in [-0.25, -0.2) is 4.39 Å². The van der Waals surface area contributed by atoms with Gasteiger partial charge in [0.1, 0.15) is 11.9 Å². The largest absolute Gasteiger partial charge is 0.348 e. The number of hydrogen-bond donors (Lipinski definition) is 1. The van der Waals surface area contributed by atoms with E-state index in [1.165, 1.54) is 38.8 Å². The molecule has 34 heavy (non-hydrogen) atoms. The summed E-state index contributed by atoms with van der Waals surface area (Å²) in [6.45, 7) is 3.87. The highest BCUT2D eigenvalue weighted by molar-refractivity contribution is 7.86. The third-order valence-corrected chi connectivity index (χ3v) is 8.68. The molecule has 2 heterocycles. The summed E-state index contributed by atoms with van der Waals surface area (Å²) in [6.07, 6.45) is 1.03. The molecule has 0 aliphatic carbocycles. The third-order valence-electron chi connectivity index (χ3n) is 6.51. The molecule has 1 aromatic carbocycles. The first-order chi connectivity index (χ1) is 15.9. The van der Waals surface area contributed by atoms with Crippen LogP contribution in [0, 0.1) is 29.0 Å². The van der Waals surface area contributed by atoms with E-state index in [4.69, 9.17) is 16.9 Å². The molecule has 12 heteroatoms. The summed E-state index contributed by atoms with van der Waals surface area (Å²) in [5, 5.41) is 11.9. The molecule has 1 N–H and O–H groups in total. The summed E-state index contributed by atoms with van der Waals surface area (Å²) in [4.78, 5) is 27.2. The second-order valence-electron chi connectivity index (χ2n) is 8.87. The molecule has 0 spiro atoms. The summed E-state index contributed by atoms with van der Waals surface area (Å²) in [5.41, 5.74) is 0.275. The van der Waals surface area contributed by atoms with Crippen LogP contribution in [0.25, 0.3) is 0 Å². The van der Waals surface area contributed by atoms with E-state index in [2.05, 4.69) is 11.4 Å². The number of carbonyl (C=O) groups excluding carboxylic acids is 2. The maximum absolute atomic E-state index is 14.2. The van der Waals surface area contributed by atoms with Crippen LogP contribution in [-0.4, -0.2) is 73.0 Å². The summed E-state index contributed by atoms with van der Waals surface area (Å²) in [6, 6.07) is 4.77. The van der Waals surface area contributed by atoms with Crippen LogP contribution in [0.3, 0.4) is 0 Å². The van der Waals surface area contributed by atoms with E-state index < -0.39 is 39.9 Å². The number of amides is 2. The number of nitrogens with zero attached hydrogens (tertiary/aromatic N) is 4. The standard InChI is InChI=1S/C22H29ClFN5O4S/c1-14(19-7-6-18(23)9-20(19)24)26-21(30)15(2)27(3)22(31)17-5-4-8-28(13-17)34(32,33)29-11-16(10-25)12-29/h6-7,9,14-17H,4-5,8,11-13H2,1-3H3,(H,26,30)/t14?,15?,17-/m0/s1. The third kappa shape index (κ3) is 5.51. The first-order valence-corrected chi connectivity index (χ1v) is 12.9. The van der Waals surface area contributed by atoms with Crippen molar-refractivity contribution in [3.8, 4) is 6.07 Å². The lowest BCUT2D eigenvalue weighted by Crippen LogP contribution is -2.57. The van der Waals surface area contributed by atoms with Crippen molar-refractivity contribution in [1.29, 1.82) is 5.26 Å². The van der Waals surface area contributed by atoms with Crippen LogP contribution in [0.1, 0.15) is 38.3 Å². The lowest BCUT2D eigenvalue weighted by Gasteiger charge is -2.41. The molecule has 2 amide bonds. The second-order valence-corrected chi connectivity index (χ2v) is 11.2. The molecule has 9 nitrogen and oxygen atoms in total. The van der Waals surface area contributed by atoms with Gasteiger partial charge in [-0.15, -0.1) is 0 Å². The normalized spacial score (nSPS) is 21.7. The Labute approximate surface area is 204 Å². The number of halogens is 2. The topological polar surface area (TPSA) is 114 Å². The molecule has 2 saturated heterocycles. The van der Waals surface area contributed by atoms with Gasteiger partial charge in [0, 0.05) is 43.8 Å². The Morgan fingerprint density at radius 3 is 2.56 bits per heavy atom. The molecule has 2 aliphatic heterocycles. The second kappa shape index (κ2) is 10.6. The number of carbonyl (C=O) groups is 2. The number of nitrogens with one attached hydrogen (secondary N) is 1. The fraction of sp³-hybridized carbons (Fsp3) is 0.591. The van der Waals surface area contributed by atoms with Crippen molar-refractivity contribution in [1.82, 2.24) is 18.8 Å². The first kappa shape index (κ1) is 26.3. The average Bonchev–Trinajstić information content (AvgIpc) is 2.76. The maximum atomic E-state index is 14.2. The van der Waals surface area contributed by atoms with E-state index >= 15 is 0 Å². The van der Waals surface area contributed by atoms with Crippen molar-refractivity contribution in [3.05, 3.63) is 34.6 Å². The zero-order valence-electron chi connectivity index (χ0n) is 19.4. The van der Waals surface area contributed by atoms with Crippen LogP contribution in [0.5, 0.6) is 0 Å². The minimum atomic E-state index is -3.73. The number of rotatable bonds is 7. The van der Waals surface area contributed by atoms with Gasteiger partial charge < -0.3 is 10.2 Å². The maximum Gasteiger partial charge on any atom is 0.282 e. The average molecular weight is 514 g/mol. The van der Waals surface area contributed by atoms with Crippen molar-refractivity contribution < 1.29 is 22.4 Å². The summed E-state index contributed by atoms with van der Waals surface area (Å²) >= 11 is 5.78. The van der Waals surface area contributed by atoms with Gasteiger partial charge in [0.2, 0.25) is 11.8 Å². The molecule has 1 aromatic rings. The van der Waals surface area contributed by atoms with Gasteiger partial charge in [-0.2, -0.15) is 22.3 Å². The molecular formula is C22H29ClFN5O4S. The van der Waals surface area contributed by atoms with E-state index in [-0.39, 0.29) is 42.0 Å². The van der Waals surface area contributed by atoms with Gasteiger partial charge in [-0.05, 0) is 38.8 Å². The smallest absolute Gasteiger partial charge is 0.282 e. The predicted molar refractivity (Wildman–Crippen MR) is 124 cm³/mol. The van der Waals surface area contributed by atoms with Crippen molar-refractivity contribution in [2.75, 3.05) is 33.2 Å². The monoisotopic (exact) mass is 513 g/mol. The Balaban J connectivity index is 1.60. The van der Waals surface area contributed by atoms with Gasteiger partial charge in [-0.1, -0.05) is 17.7 Å². The van der Waals surface area contributed by atoms with Crippen molar-refractivity contribution in [2.24, 2.45) is 11.8 Å². The fourth-order valence-electron chi connectivity index (χ4n) is 4.14. The quantitative estimate of drug-likeness (QED) is 0.598. The van der Waals surface area contributed by atoms with Gasteiger partial charge >= 0.3 is 0 Å². The van der Waals surface area contributed by atoms with Crippen molar-refractivity contribution >= 4 is 33.6 Å². The van der Waals surface area contributed by atoms with Crippen molar-refractivity contribution in [3.63, 3.8) is 0 Å². The molecule has 186 valence electrons. The number of nitriles is 1. The van der Waals surface area contributed by atoms with E-state index in [1.807, 2.05) is 0 Å². The van der Waals surface area contributed by atoms with Gasteiger partial charge in [-0.3, -0.25) is 9.59 Å². The number of likely N-dealkylation sites (N-methyl/N-ethyl adjacent to an activating group) is 1. The lowest BCUT2D eigenvalue weighted by atomic mass is 9.97. The number of hydrogen-bond acceptors (Lipinski definition) is 5. The van der Waals surface area contributed by atoms with Crippen LogP contribution < -0.4 is 5.32 Å². The van der Waals surface area contributed by atoms with Crippen LogP contribution in [0.15, 0.2) is 18.2 Å². The van der Waals surface area contributed by atoms with Crippen LogP contribution in [-0.2, 0) is 19.8 Å². The Kier molecular flexibility index (Phi) is 8.18. The lowest BCUT2D eigenvalue weighted by molar-refractivity contribution is -0.142. The van der Waals surface area contributed by atoms with E-state index in [1.54, 1.807) is 13.8 Å². The van der Waals surface area contributed by atoms with Gasteiger partial charge in [0.15, 0.2) is 0 Å². The summed E-state index contributed by atoms with van der Waals surface area (Å²) in [7, 11) is -2.23. The van der Waals surface area contributed by atoms with Crippen LogP contribution in [0.2, 0.25) is 5.02 Å². The highest BCUT2D eigenvalue weighted by Gasteiger charge is 2.42. The molecule has 0 saturated carbocycles. The van der Waals surface area contributed by atoms with Gasteiger partial charge in [0.05, 0.1) is 23.9 Å². The Bertz CT molecular complexity index is 1090. The van der Waals surface area contributed by atoms with Crippen LogP contribution in [0.4, 0.5) is 4.39 Å². The van der Waals surface area contributed by atoms with Gasteiger partial charge in [0.25, 0.3) is 10.2 Å². The number of piperidine rings is 1. The minimum Gasteiger partial charge on any atom is -0.348 e. The molecular weight excluding hydrogens is 485 g/mol. The minimum absolute atomic E-state index is 0.0277. The molecule has 3 rings (SSSR count). The molecule has 0 radical (unpaired) electrons. The molecule has 2 unspecified atom stereocenters.